The van der Waals surface area contributed by atoms with Gasteiger partial charge in [0.05, 0.1) is 22.4 Å². The van der Waals surface area contributed by atoms with Crippen molar-refractivity contribution in [2.24, 2.45) is 0 Å². The number of anilines is 2. The zero-order valence-electron chi connectivity index (χ0n) is 18.9. The summed E-state index contributed by atoms with van der Waals surface area (Å²) in [5.74, 6) is -0.724. The quantitative estimate of drug-likeness (QED) is 0.366. The molecule has 1 aliphatic heterocycles. The fourth-order valence-electron chi connectivity index (χ4n) is 4.07. The van der Waals surface area contributed by atoms with Gasteiger partial charge in [0.2, 0.25) is 11.8 Å². The Labute approximate surface area is 201 Å². The van der Waals surface area contributed by atoms with Gasteiger partial charge in [-0.05, 0) is 60.9 Å². The number of aryl methyl sites for hydroxylation is 2. The predicted molar refractivity (Wildman–Crippen MR) is 134 cm³/mol. The second-order valence-electron chi connectivity index (χ2n) is 8.45. The van der Waals surface area contributed by atoms with Gasteiger partial charge in [0.1, 0.15) is 0 Å². The zero-order valence-corrected chi connectivity index (χ0v) is 19.8. The first-order valence-electron chi connectivity index (χ1n) is 11.1. The minimum atomic E-state index is -0.243. The molecule has 6 nitrogen and oxygen atoms in total. The van der Waals surface area contributed by atoms with Crippen molar-refractivity contribution < 1.29 is 14.4 Å². The van der Waals surface area contributed by atoms with E-state index < -0.39 is 0 Å². The number of hydrogen-bond donors (Lipinski definition) is 0. The smallest absolute Gasteiger partial charge is 0.260 e. The van der Waals surface area contributed by atoms with Crippen LogP contribution in [0, 0.1) is 13.8 Å². The lowest BCUT2D eigenvalue weighted by atomic mass is 10.1. The molecule has 0 aliphatic carbocycles. The topological polar surface area (TPSA) is 70.6 Å². The third-order valence-electron chi connectivity index (χ3n) is 6.06. The number of carbonyl (C=O) groups excluding carboxylic acids is 3. The molecular formula is C27H23N3O3S. The Hall–Kier alpha value is -3.84. The molecule has 4 aromatic rings. The largest absolute Gasteiger partial charge is 0.279 e. The van der Waals surface area contributed by atoms with E-state index in [4.69, 9.17) is 4.98 Å². The third kappa shape index (κ3) is 4.10. The molecule has 1 aromatic heterocycles. The van der Waals surface area contributed by atoms with Gasteiger partial charge in [0.15, 0.2) is 5.13 Å². The van der Waals surface area contributed by atoms with Crippen molar-refractivity contribution in [3.8, 4) is 0 Å². The van der Waals surface area contributed by atoms with Gasteiger partial charge in [-0.15, -0.1) is 0 Å². The van der Waals surface area contributed by atoms with Crippen molar-refractivity contribution in [3.05, 3.63) is 89.0 Å². The molecule has 1 saturated heterocycles. The summed E-state index contributed by atoms with van der Waals surface area (Å²) in [7, 11) is 0. The van der Waals surface area contributed by atoms with Gasteiger partial charge in [-0.1, -0.05) is 47.7 Å². The summed E-state index contributed by atoms with van der Waals surface area (Å²) in [4.78, 5) is 45.9. The highest BCUT2D eigenvalue weighted by molar-refractivity contribution is 7.22. The van der Waals surface area contributed by atoms with Gasteiger partial charge in [0, 0.05) is 18.4 Å². The van der Waals surface area contributed by atoms with Gasteiger partial charge in [0.25, 0.3) is 5.91 Å². The second-order valence-corrected chi connectivity index (χ2v) is 9.46. The van der Waals surface area contributed by atoms with E-state index in [1.807, 2.05) is 43.3 Å². The van der Waals surface area contributed by atoms with Crippen molar-refractivity contribution in [2.75, 3.05) is 9.80 Å². The summed E-state index contributed by atoms with van der Waals surface area (Å²) in [5, 5.41) is 0.604. The van der Waals surface area contributed by atoms with Crippen LogP contribution in [0.4, 0.5) is 10.8 Å². The maximum atomic E-state index is 13.8. The highest BCUT2D eigenvalue weighted by Gasteiger charge is 2.31. The number of hydrogen-bond acceptors (Lipinski definition) is 5. The van der Waals surface area contributed by atoms with Crippen LogP contribution in [-0.2, 0) is 16.1 Å². The molecule has 1 fully saturated rings. The van der Waals surface area contributed by atoms with Crippen molar-refractivity contribution in [2.45, 2.75) is 33.2 Å². The number of rotatable bonds is 5. The molecule has 5 rings (SSSR count). The SMILES string of the molecule is Cc1cc2nc(N(Cc3ccccc3)C(=O)c3cccc(N4C(=O)CCC4=O)c3)sc2cc1C. The lowest BCUT2D eigenvalue weighted by Crippen LogP contribution is -2.31. The molecule has 0 bridgehead atoms. The molecule has 34 heavy (non-hydrogen) atoms. The molecule has 0 saturated carbocycles. The fourth-order valence-corrected chi connectivity index (χ4v) is 5.12. The van der Waals surface area contributed by atoms with Gasteiger partial charge in [-0.2, -0.15) is 0 Å². The van der Waals surface area contributed by atoms with E-state index in [0.717, 1.165) is 21.3 Å². The Bertz CT molecular complexity index is 1370. The third-order valence-corrected chi connectivity index (χ3v) is 7.10. The van der Waals surface area contributed by atoms with Crippen LogP contribution < -0.4 is 9.80 Å². The van der Waals surface area contributed by atoms with E-state index in [1.54, 1.807) is 29.2 Å². The second kappa shape index (κ2) is 8.83. The highest BCUT2D eigenvalue weighted by atomic mass is 32.1. The number of nitrogens with zero attached hydrogens (tertiary/aromatic N) is 3. The first kappa shape index (κ1) is 22.0. The lowest BCUT2D eigenvalue weighted by Gasteiger charge is -2.21. The Balaban J connectivity index is 1.56. The standard InChI is InChI=1S/C27H23N3O3S/c1-17-13-22-23(14-18(17)2)34-27(28-22)29(16-19-7-4-3-5-8-19)26(33)20-9-6-10-21(15-20)30-24(31)11-12-25(30)32/h3-10,13-15H,11-12,16H2,1-2H3. The van der Waals surface area contributed by atoms with Crippen LogP contribution in [0.15, 0.2) is 66.7 Å². The van der Waals surface area contributed by atoms with Crippen LogP contribution in [0.5, 0.6) is 0 Å². The Morgan fingerprint density at radius 3 is 2.38 bits per heavy atom. The number of carbonyl (C=O) groups is 3. The van der Waals surface area contributed by atoms with Crippen LogP contribution in [0.1, 0.15) is 39.9 Å². The minimum absolute atomic E-state index is 0.196. The molecule has 0 radical (unpaired) electrons. The maximum Gasteiger partial charge on any atom is 0.260 e. The summed E-state index contributed by atoms with van der Waals surface area (Å²) in [6.07, 6.45) is 0.392. The summed E-state index contributed by atoms with van der Waals surface area (Å²) >= 11 is 1.48. The summed E-state index contributed by atoms with van der Waals surface area (Å²) in [5.41, 5.74) is 4.98. The molecule has 3 amide bonds. The van der Waals surface area contributed by atoms with Gasteiger partial charge in [-0.25, -0.2) is 4.98 Å². The average Bonchev–Trinajstić information content (AvgIpc) is 3.40. The molecule has 0 spiro atoms. The number of benzene rings is 3. The van der Waals surface area contributed by atoms with Crippen molar-refractivity contribution in [3.63, 3.8) is 0 Å². The molecule has 0 N–H and O–H groups in total. The van der Waals surface area contributed by atoms with E-state index in [2.05, 4.69) is 13.0 Å². The lowest BCUT2D eigenvalue weighted by molar-refractivity contribution is -0.121. The molecule has 7 heteroatoms. The maximum absolute atomic E-state index is 13.8. The molecule has 1 aliphatic rings. The molecule has 2 heterocycles. The van der Waals surface area contributed by atoms with Crippen LogP contribution in [-0.4, -0.2) is 22.7 Å². The molecule has 0 atom stereocenters. The van der Waals surface area contributed by atoms with E-state index in [-0.39, 0.29) is 30.6 Å². The summed E-state index contributed by atoms with van der Waals surface area (Å²) < 4.78 is 1.02. The molecule has 170 valence electrons. The van der Waals surface area contributed by atoms with E-state index in [9.17, 15) is 14.4 Å². The Kier molecular flexibility index (Phi) is 5.71. The predicted octanol–water partition coefficient (Wildman–Crippen LogP) is 5.41. The van der Waals surface area contributed by atoms with Gasteiger partial charge in [-0.3, -0.25) is 24.2 Å². The fraction of sp³-hybridized carbons (Fsp3) is 0.185. The van der Waals surface area contributed by atoms with Crippen LogP contribution in [0.25, 0.3) is 10.2 Å². The normalized spacial score (nSPS) is 13.6. The number of imide groups is 1. The van der Waals surface area contributed by atoms with Crippen molar-refractivity contribution in [1.29, 1.82) is 0 Å². The van der Waals surface area contributed by atoms with Gasteiger partial charge < -0.3 is 0 Å². The number of aromatic nitrogens is 1. The van der Waals surface area contributed by atoms with E-state index >= 15 is 0 Å². The molecular weight excluding hydrogens is 446 g/mol. The van der Waals surface area contributed by atoms with Crippen LogP contribution in [0.3, 0.4) is 0 Å². The van der Waals surface area contributed by atoms with Crippen LogP contribution >= 0.6 is 11.3 Å². The number of thiazole rings is 1. The van der Waals surface area contributed by atoms with Crippen molar-refractivity contribution >= 4 is 50.1 Å². The molecule has 3 aromatic carbocycles. The minimum Gasteiger partial charge on any atom is -0.279 e. The summed E-state index contributed by atoms with van der Waals surface area (Å²) in [6, 6.07) is 20.6. The zero-order chi connectivity index (χ0) is 23.8. The average molecular weight is 470 g/mol. The first-order valence-corrected chi connectivity index (χ1v) is 11.9. The van der Waals surface area contributed by atoms with E-state index in [1.165, 1.54) is 21.8 Å². The van der Waals surface area contributed by atoms with E-state index in [0.29, 0.717) is 22.9 Å². The first-order chi connectivity index (χ1) is 16.4. The highest BCUT2D eigenvalue weighted by Crippen LogP contribution is 2.33. The van der Waals surface area contributed by atoms with Crippen molar-refractivity contribution in [1.82, 2.24) is 4.98 Å². The summed E-state index contributed by atoms with van der Waals surface area (Å²) in [6.45, 7) is 4.46. The van der Waals surface area contributed by atoms with Gasteiger partial charge >= 0.3 is 0 Å². The van der Waals surface area contributed by atoms with Crippen LogP contribution in [0.2, 0.25) is 0 Å². The Morgan fingerprint density at radius 2 is 1.65 bits per heavy atom. The number of fused-ring (bicyclic) bond motifs is 1. The number of amides is 3. The Morgan fingerprint density at radius 1 is 0.941 bits per heavy atom. The monoisotopic (exact) mass is 469 g/mol. The molecule has 0 unspecified atom stereocenters.